The Bertz CT molecular complexity index is 223. The van der Waals surface area contributed by atoms with Crippen molar-refractivity contribution in [2.75, 3.05) is 13.2 Å². The summed E-state index contributed by atoms with van der Waals surface area (Å²) >= 11 is 0. The monoisotopic (exact) mass is 198 g/mol. The molecule has 0 spiro atoms. The third kappa shape index (κ3) is 1.74. The molecule has 2 unspecified atom stereocenters. The molecule has 2 rings (SSSR count). The molecule has 1 aliphatic carbocycles. The van der Waals surface area contributed by atoms with Crippen molar-refractivity contribution < 1.29 is 19.1 Å². The highest BCUT2D eigenvalue weighted by Crippen LogP contribution is 2.32. The van der Waals surface area contributed by atoms with Crippen LogP contribution in [0.2, 0.25) is 0 Å². The average molecular weight is 198 g/mol. The SMILES string of the molecule is O=C1OCCOC(=O)C2CCCCC12. The van der Waals surface area contributed by atoms with Gasteiger partial charge in [-0.2, -0.15) is 0 Å². The second-order valence-electron chi connectivity index (χ2n) is 3.83. The van der Waals surface area contributed by atoms with Crippen molar-refractivity contribution >= 4 is 11.9 Å². The summed E-state index contributed by atoms with van der Waals surface area (Å²) in [7, 11) is 0. The van der Waals surface area contributed by atoms with Crippen LogP contribution >= 0.6 is 0 Å². The number of carbonyl (C=O) groups excluding carboxylic acids is 2. The van der Waals surface area contributed by atoms with Crippen LogP contribution in [0.15, 0.2) is 0 Å². The van der Waals surface area contributed by atoms with Gasteiger partial charge >= 0.3 is 11.9 Å². The molecule has 1 aliphatic heterocycles. The number of esters is 2. The Balaban J connectivity index is 2.14. The second kappa shape index (κ2) is 3.98. The first kappa shape index (κ1) is 9.49. The van der Waals surface area contributed by atoms with Crippen molar-refractivity contribution in [3.05, 3.63) is 0 Å². The Kier molecular flexibility index (Phi) is 2.70. The van der Waals surface area contributed by atoms with Crippen LogP contribution in [0.5, 0.6) is 0 Å². The van der Waals surface area contributed by atoms with Gasteiger partial charge in [0.2, 0.25) is 0 Å². The van der Waals surface area contributed by atoms with E-state index < -0.39 is 0 Å². The Labute approximate surface area is 82.6 Å². The van der Waals surface area contributed by atoms with Gasteiger partial charge in [-0.1, -0.05) is 12.8 Å². The van der Waals surface area contributed by atoms with Crippen molar-refractivity contribution in [1.29, 1.82) is 0 Å². The minimum absolute atomic E-state index is 0.202. The van der Waals surface area contributed by atoms with E-state index >= 15 is 0 Å². The Morgan fingerprint density at radius 1 is 0.857 bits per heavy atom. The first-order chi connectivity index (χ1) is 6.79. The summed E-state index contributed by atoms with van der Waals surface area (Å²) in [5, 5.41) is 0. The number of hydrogen-bond donors (Lipinski definition) is 0. The van der Waals surface area contributed by atoms with Crippen LogP contribution in [-0.4, -0.2) is 25.2 Å². The van der Waals surface area contributed by atoms with Gasteiger partial charge in [0.1, 0.15) is 13.2 Å². The first-order valence-corrected chi connectivity index (χ1v) is 5.12. The van der Waals surface area contributed by atoms with Gasteiger partial charge < -0.3 is 9.47 Å². The number of rotatable bonds is 0. The maximum atomic E-state index is 11.5. The van der Waals surface area contributed by atoms with E-state index in [1.54, 1.807) is 0 Å². The molecule has 4 heteroatoms. The summed E-state index contributed by atoms with van der Waals surface area (Å²) in [5.74, 6) is -0.939. The van der Waals surface area contributed by atoms with Crippen LogP contribution < -0.4 is 0 Å². The zero-order valence-corrected chi connectivity index (χ0v) is 8.03. The van der Waals surface area contributed by atoms with Crippen molar-refractivity contribution in [3.63, 3.8) is 0 Å². The van der Waals surface area contributed by atoms with Crippen LogP contribution in [0.3, 0.4) is 0 Å². The fraction of sp³-hybridized carbons (Fsp3) is 0.800. The summed E-state index contributed by atoms with van der Waals surface area (Å²) in [4.78, 5) is 23.0. The zero-order chi connectivity index (χ0) is 9.97. The summed E-state index contributed by atoms with van der Waals surface area (Å²) in [6.07, 6.45) is 3.53. The van der Waals surface area contributed by atoms with Gasteiger partial charge in [0.15, 0.2) is 0 Å². The Hall–Kier alpha value is -1.06. The highest BCUT2D eigenvalue weighted by atomic mass is 16.6. The molecule has 1 heterocycles. The molecular formula is C10H14O4. The molecule has 0 aromatic rings. The molecule has 78 valence electrons. The summed E-state index contributed by atoms with van der Waals surface area (Å²) in [6.45, 7) is 0.404. The normalized spacial score (nSPS) is 33.4. The molecular weight excluding hydrogens is 184 g/mol. The van der Waals surface area contributed by atoms with E-state index in [4.69, 9.17) is 9.47 Å². The van der Waals surface area contributed by atoms with Crippen LogP contribution in [0.25, 0.3) is 0 Å². The van der Waals surface area contributed by atoms with E-state index in [2.05, 4.69) is 0 Å². The molecule has 14 heavy (non-hydrogen) atoms. The van der Waals surface area contributed by atoms with Gasteiger partial charge in [0, 0.05) is 0 Å². The number of hydrogen-bond acceptors (Lipinski definition) is 4. The van der Waals surface area contributed by atoms with Gasteiger partial charge in [0.05, 0.1) is 11.8 Å². The third-order valence-electron chi connectivity index (χ3n) is 2.94. The van der Waals surface area contributed by atoms with Crippen LogP contribution in [0.1, 0.15) is 25.7 Å². The molecule has 4 nitrogen and oxygen atoms in total. The molecule has 0 aromatic carbocycles. The van der Waals surface area contributed by atoms with Crippen LogP contribution in [-0.2, 0) is 19.1 Å². The second-order valence-corrected chi connectivity index (χ2v) is 3.83. The summed E-state index contributed by atoms with van der Waals surface area (Å²) < 4.78 is 9.97. The first-order valence-electron chi connectivity index (χ1n) is 5.12. The molecule has 1 saturated carbocycles. The lowest BCUT2D eigenvalue weighted by Gasteiger charge is -2.29. The highest BCUT2D eigenvalue weighted by molar-refractivity contribution is 5.82. The Morgan fingerprint density at radius 3 is 1.71 bits per heavy atom. The minimum Gasteiger partial charge on any atom is -0.462 e. The number of ether oxygens (including phenoxy) is 2. The quantitative estimate of drug-likeness (QED) is 0.542. The maximum Gasteiger partial charge on any atom is 0.309 e. The zero-order valence-electron chi connectivity index (χ0n) is 8.03. The Morgan fingerprint density at radius 2 is 1.29 bits per heavy atom. The van der Waals surface area contributed by atoms with Crippen LogP contribution in [0.4, 0.5) is 0 Å². The van der Waals surface area contributed by atoms with E-state index in [0.717, 1.165) is 25.7 Å². The van der Waals surface area contributed by atoms with E-state index in [9.17, 15) is 9.59 Å². The van der Waals surface area contributed by atoms with Crippen molar-refractivity contribution in [2.24, 2.45) is 11.8 Å². The van der Waals surface area contributed by atoms with Crippen LogP contribution in [0, 0.1) is 11.8 Å². The van der Waals surface area contributed by atoms with Gasteiger partial charge in [0.25, 0.3) is 0 Å². The summed E-state index contributed by atoms with van der Waals surface area (Å²) in [6, 6.07) is 0. The highest BCUT2D eigenvalue weighted by Gasteiger charge is 2.38. The topological polar surface area (TPSA) is 52.6 Å². The van der Waals surface area contributed by atoms with Gasteiger partial charge in [-0.3, -0.25) is 9.59 Å². The molecule has 2 atom stereocenters. The summed E-state index contributed by atoms with van der Waals surface area (Å²) in [5.41, 5.74) is 0. The third-order valence-corrected chi connectivity index (χ3v) is 2.94. The number of carbonyl (C=O) groups is 2. The minimum atomic E-state index is -0.253. The molecule has 2 fully saturated rings. The van der Waals surface area contributed by atoms with E-state index in [1.165, 1.54) is 0 Å². The smallest absolute Gasteiger partial charge is 0.309 e. The van der Waals surface area contributed by atoms with Gasteiger partial charge in [-0.15, -0.1) is 0 Å². The van der Waals surface area contributed by atoms with Crippen molar-refractivity contribution in [3.8, 4) is 0 Å². The molecule has 0 N–H and O–H groups in total. The maximum absolute atomic E-state index is 11.5. The van der Waals surface area contributed by atoms with Crippen molar-refractivity contribution in [2.45, 2.75) is 25.7 Å². The fourth-order valence-electron chi connectivity index (χ4n) is 2.19. The molecule has 2 aliphatic rings. The molecule has 0 bridgehead atoms. The lowest BCUT2D eigenvalue weighted by atomic mass is 9.79. The lowest BCUT2D eigenvalue weighted by Crippen LogP contribution is -2.38. The van der Waals surface area contributed by atoms with E-state index in [-0.39, 0.29) is 37.0 Å². The molecule has 0 radical (unpaired) electrons. The van der Waals surface area contributed by atoms with Crippen molar-refractivity contribution in [1.82, 2.24) is 0 Å². The van der Waals surface area contributed by atoms with Gasteiger partial charge in [-0.05, 0) is 12.8 Å². The fourth-order valence-corrected chi connectivity index (χ4v) is 2.19. The largest absolute Gasteiger partial charge is 0.462 e. The standard InChI is InChI=1S/C10H14O4/c11-9-7-3-1-2-4-8(7)10(12)14-6-5-13-9/h7-8H,1-6H2. The average Bonchev–Trinajstić information content (AvgIpc) is 2.22. The number of cyclic esters (lactones) is 2. The van der Waals surface area contributed by atoms with E-state index in [1.807, 2.05) is 0 Å². The predicted octanol–water partition coefficient (Wildman–Crippen LogP) is 0.893. The molecule has 0 amide bonds. The molecule has 1 saturated heterocycles. The predicted molar refractivity (Wildman–Crippen MR) is 47.4 cm³/mol. The van der Waals surface area contributed by atoms with E-state index in [0.29, 0.717) is 0 Å². The van der Waals surface area contributed by atoms with Gasteiger partial charge in [-0.25, -0.2) is 0 Å². The lowest BCUT2D eigenvalue weighted by molar-refractivity contribution is -0.171. The number of fused-ring (bicyclic) bond motifs is 1. The molecule has 0 aromatic heterocycles.